The molecule has 0 aliphatic heterocycles. The van der Waals surface area contributed by atoms with Crippen molar-refractivity contribution in [2.75, 3.05) is 26.6 Å². The fraction of sp³-hybridized carbons (Fsp3) is 0.368. The van der Waals surface area contributed by atoms with Gasteiger partial charge in [0.1, 0.15) is 11.5 Å². The van der Waals surface area contributed by atoms with Gasteiger partial charge in [-0.3, -0.25) is 4.55 Å². The molecule has 2 N–H and O–H groups in total. The summed E-state index contributed by atoms with van der Waals surface area (Å²) in [6, 6.07) is 16.2. The zero-order valence-electron chi connectivity index (χ0n) is 15.1. The largest absolute Gasteiger partial charge is 0.497 e. The zero-order valence-corrected chi connectivity index (χ0v) is 15.9. The summed E-state index contributed by atoms with van der Waals surface area (Å²) in [7, 11) is -1.98. The molecule has 7 heteroatoms. The number of aliphatic hydroxyl groups is 1. The Morgan fingerprint density at radius 3 is 2.38 bits per heavy atom. The standard InChI is InChI=1S/C18H22O3.CH4O3S/c1-20-17-8-4-6-15(14-17)10-11-16-7-2-3-9-18(16)21-13-5-12-19;1-5(2,3)4/h2-4,6-9,14,19H,5,10-13H2,1H3;1H3,(H,2,3,4). The highest BCUT2D eigenvalue weighted by atomic mass is 32.2. The Morgan fingerprint density at radius 1 is 1.04 bits per heavy atom. The first-order valence-electron chi connectivity index (χ1n) is 8.20. The molecule has 0 radical (unpaired) electrons. The van der Waals surface area contributed by atoms with Crippen LogP contribution in [0.5, 0.6) is 11.5 Å². The Morgan fingerprint density at radius 2 is 1.73 bits per heavy atom. The van der Waals surface area contributed by atoms with Gasteiger partial charge < -0.3 is 14.6 Å². The zero-order chi connectivity index (χ0) is 19.4. The summed E-state index contributed by atoms with van der Waals surface area (Å²) in [6.45, 7) is 0.707. The van der Waals surface area contributed by atoms with E-state index in [2.05, 4.69) is 18.2 Å². The van der Waals surface area contributed by atoms with Crippen LogP contribution in [0, 0.1) is 0 Å². The molecule has 0 atom stereocenters. The van der Waals surface area contributed by atoms with E-state index >= 15 is 0 Å². The Bertz CT molecular complexity index is 750. The van der Waals surface area contributed by atoms with Crippen molar-refractivity contribution in [2.45, 2.75) is 19.3 Å². The fourth-order valence-corrected chi connectivity index (χ4v) is 2.20. The normalized spacial score (nSPS) is 10.6. The van der Waals surface area contributed by atoms with Crippen molar-refractivity contribution < 1.29 is 27.6 Å². The summed E-state index contributed by atoms with van der Waals surface area (Å²) in [5.41, 5.74) is 2.44. The van der Waals surface area contributed by atoms with Gasteiger partial charge in [-0.2, -0.15) is 8.42 Å². The third-order valence-corrected chi connectivity index (χ3v) is 3.35. The Kier molecular flexibility index (Phi) is 9.72. The molecule has 0 saturated carbocycles. The van der Waals surface area contributed by atoms with Gasteiger partial charge in [0.15, 0.2) is 0 Å². The maximum atomic E-state index is 9.19. The second-order valence-electron chi connectivity index (χ2n) is 5.62. The lowest BCUT2D eigenvalue weighted by atomic mass is 10.0. The van der Waals surface area contributed by atoms with E-state index in [9.17, 15) is 8.42 Å². The van der Waals surface area contributed by atoms with Gasteiger partial charge in [-0.1, -0.05) is 30.3 Å². The molecule has 2 aromatic rings. The molecule has 6 nitrogen and oxygen atoms in total. The van der Waals surface area contributed by atoms with Gasteiger partial charge in [0.2, 0.25) is 0 Å². The van der Waals surface area contributed by atoms with Gasteiger partial charge >= 0.3 is 0 Å². The number of para-hydroxylation sites is 1. The molecule has 0 aliphatic carbocycles. The summed E-state index contributed by atoms with van der Waals surface area (Å²) < 4.78 is 36.8. The average Bonchev–Trinajstić information content (AvgIpc) is 2.60. The number of aliphatic hydroxyl groups excluding tert-OH is 1. The van der Waals surface area contributed by atoms with E-state index in [-0.39, 0.29) is 6.61 Å². The lowest BCUT2D eigenvalue weighted by Crippen LogP contribution is -2.03. The predicted octanol–water partition coefficient (Wildman–Crippen LogP) is 2.75. The highest BCUT2D eigenvalue weighted by Crippen LogP contribution is 2.21. The number of benzene rings is 2. The molecule has 0 unspecified atom stereocenters. The highest BCUT2D eigenvalue weighted by molar-refractivity contribution is 7.85. The van der Waals surface area contributed by atoms with Crippen molar-refractivity contribution in [1.82, 2.24) is 0 Å². The van der Waals surface area contributed by atoms with Crippen LogP contribution in [0.4, 0.5) is 0 Å². The smallest absolute Gasteiger partial charge is 0.261 e. The molecule has 0 bridgehead atoms. The maximum absolute atomic E-state index is 9.19. The van der Waals surface area contributed by atoms with E-state index in [0.717, 1.165) is 24.3 Å². The monoisotopic (exact) mass is 382 g/mol. The quantitative estimate of drug-likeness (QED) is 0.539. The summed E-state index contributed by atoms with van der Waals surface area (Å²) in [4.78, 5) is 0. The molecular weight excluding hydrogens is 356 g/mol. The first kappa shape index (κ1) is 22.0. The lowest BCUT2D eigenvalue weighted by Gasteiger charge is -2.11. The summed E-state index contributed by atoms with van der Waals surface area (Å²) in [6.07, 6.45) is 3.23. The molecule has 0 aromatic heterocycles. The number of hydrogen-bond donors (Lipinski definition) is 2. The van der Waals surface area contributed by atoms with E-state index in [1.807, 2.05) is 30.3 Å². The maximum Gasteiger partial charge on any atom is 0.261 e. The SMILES string of the molecule is COc1cccc(CCc2ccccc2OCCCO)c1.CS(=O)(=O)O. The van der Waals surface area contributed by atoms with E-state index in [0.29, 0.717) is 19.3 Å². The van der Waals surface area contributed by atoms with Gasteiger partial charge in [0.25, 0.3) is 10.1 Å². The van der Waals surface area contributed by atoms with Crippen molar-refractivity contribution in [2.24, 2.45) is 0 Å². The Balaban J connectivity index is 0.000000597. The number of hydrogen-bond acceptors (Lipinski definition) is 5. The van der Waals surface area contributed by atoms with Crippen LogP contribution in [0.2, 0.25) is 0 Å². The molecule has 144 valence electrons. The molecular formula is C19H26O6S. The van der Waals surface area contributed by atoms with Crippen molar-refractivity contribution in [3.8, 4) is 11.5 Å². The van der Waals surface area contributed by atoms with E-state index in [1.54, 1.807) is 7.11 Å². The van der Waals surface area contributed by atoms with Crippen LogP contribution in [0.1, 0.15) is 17.5 Å². The number of rotatable bonds is 8. The van der Waals surface area contributed by atoms with Crippen molar-refractivity contribution in [3.63, 3.8) is 0 Å². The third kappa shape index (κ3) is 10.0. The third-order valence-electron chi connectivity index (χ3n) is 3.35. The minimum absolute atomic E-state index is 0.159. The topological polar surface area (TPSA) is 93.1 Å². The highest BCUT2D eigenvalue weighted by Gasteiger charge is 2.04. The molecule has 0 amide bonds. The molecule has 0 heterocycles. The Labute approximate surface area is 155 Å². The number of aryl methyl sites for hydroxylation is 2. The molecule has 0 aliphatic rings. The first-order chi connectivity index (χ1) is 12.3. The van der Waals surface area contributed by atoms with Gasteiger partial charge in [-0.05, 0) is 42.2 Å². The van der Waals surface area contributed by atoms with Crippen LogP contribution in [0.25, 0.3) is 0 Å². The average molecular weight is 382 g/mol. The molecule has 2 aromatic carbocycles. The molecule has 0 saturated heterocycles. The molecule has 2 rings (SSSR count). The van der Waals surface area contributed by atoms with Crippen LogP contribution in [0.15, 0.2) is 48.5 Å². The lowest BCUT2D eigenvalue weighted by molar-refractivity contribution is 0.232. The van der Waals surface area contributed by atoms with Crippen LogP contribution < -0.4 is 9.47 Å². The predicted molar refractivity (Wildman–Crippen MR) is 102 cm³/mol. The van der Waals surface area contributed by atoms with Crippen LogP contribution in [0.3, 0.4) is 0 Å². The van der Waals surface area contributed by atoms with Gasteiger partial charge in [-0.15, -0.1) is 0 Å². The summed E-state index contributed by atoms with van der Waals surface area (Å²) >= 11 is 0. The van der Waals surface area contributed by atoms with Crippen LogP contribution in [-0.2, 0) is 23.0 Å². The van der Waals surface area contributed by atoms with Crippen molar-refractivity contribution in [3.05, 3.63) is 59.7 Å². The second kappa shape index (κ2) is 11.5. The van der Waals surface area contributed by atoms with Gasteiger partial charge in [0.05, 0.1) is 20.0 Å². The fourth-order valence-electron chi connectivity index (χ4n) is 2.20. The van der Waals surface area contributed by atoms with Crippen LogP contribution >= 0.6 is 0 Å². The minimum Gasteiger partial charge on any atom is -0.497 e. The van der Waals surface area contributed by atoms with Crippen molar-refractivity contribution in [1.29, 1.82) is 0 Å². The second-order valence-corrected chi connectivity index (χ2v) is 7.08. The Hall–Kier alpha value is -2.09. The molecule has 0 fully saturated rings. The van der Waals surface area contributed by atoms with Crippen LogP contribution in [-0.4, -0.2) is 44.7 Å². The van der Waals surface area contributed by atoms with Gasteiger partial charge in [0, 0.05) is 13.0 Å². The first-order valence-corrected chi connectivity index (χ1v) is 10.0. The molecule has 0 spiro atoms. The van der Waals surface area contributed by atoms with E-state index < -0.39 is 10.1 Å². The minimum atomic E-state index is -3.67. The van der Waals surface area contributed by atoms with Crippen molar-refractivity contribution >= 4 is 10.1 Å². The number of methoxy groups -OCH3 is 1. The van der Waals surface area contributed by atoms with E-state index in [1.165, 1.54) is 11.1 Å². The van der Waals surface area contributed by atoms with E-state index in [4.69, 9.17) is 19.1 Å². The summed E-state index contributed by atoms with van der Waals surface area (Å²) in [5, 5.41) is 8.82. The number of ether oxygens (including phenoxy) is 2. The molecule has 26 heavy (non-hydrogen) atoms. The summed E-state index contributed by atoms with van der Waals surface area (Å²) in [5.74, 6) is 1.80. The van der Waals surface area contributed by atoms with Gasteiger partial charge in [-0.25, -0.2) is 0 Å².